The topological polar surface area (TPSA) is 39.2 Å². The standard InChI is InChI=1S/C11H10BrF2NO2/c1-17-10(16)6-2-8(12)9(15-5-6)7-3-11(13,14)4-7/h2,5,7H,3-4H2,1H3. The first-order chi connectivity index (χ1) is 7.93. The summed E-state index contributed by atoms with van der Waals surface area (Å²) in [5.41, 5.74) is 0.873. The number of ether oxygens (including phenoxy) is 1. The van der Waals surface area contributed by atoms with E-state index in [0.29, 0.717) is 15.7 Å². The summed E-state index contributed by atoms with van der Waals surface area (Å²) in [6.07, 6.45) is 0.981. The number of nitrogens with zero attached hydrogens (tertiary/aromatic N) is 1. The summed E-state index contributed by atoms with van der Waals surface area (Å²) in [4.78, 5) is 15.3. The van der Waals surface area contributed by atoms with Crippen molar-refractivity contribution in [3.8, 4) is 0 Å². The third kappa shape index (κ3) is 2.46. The second-order valence-corrected chi connectivity index (χ2v) is 4.90. The van der Waals surface area contributed by atoms with Crippen LogP contribution in [0.5, 0.6) is 0 Å². The first-order valence-electron chi connectivity index (χ1n) is 5.04. The van der Waals surface area contributed by atoms with Crippen molar-refractivity contribution in [2.24, 2.45) is 0 Å². The van der Waals surface area contributed by atoms with Crippen LogP contribution in [0.4, 0.5) is 8.78 Å². The molecule has 0 saturated heterocycles. The quantitative estimate of drug-likeness (QED) is 0.788. The molecule has 0 atom stereocenters. The van der Waals surface area contributed by atoms with Gasteiger partial charge in [0.2, 0.25) is 5.92 Å². The minimum Gasteiger partial charge on any atom is -0.465 e. The van der Waals surface area contributed by atoms with E-state index < -0.39 is 11.9 Å². The first-order valence-corrected chi connectivity index (χ1v) is 5.84. The lowest BCUT2D eigenvalue weighted by Gasteiger charge is -2.34. The number of aromatic nitrogens is 1. The number of hydrogen-bond donors (Lipinski definition) is 0. The zero-order valence-corrected chi connectivity index (χ0v) is 10.6. The predicted molar refractivity (Wildman–Crippen MR) is 60.2 cm³/mol. The number of carbonyl (C=O) groups excluding carboxylic acids is 1. The molecule has 0 amide bonds. The maximum absolute atomic E-state index is 12.8. The van der Waals surface area contributed by atoms with Crippen LogP contribution in [-0.2, 0) is 4.74 Å². The summed E-state index contributed by atoms with van der Waals surface area (Å²) in [6, 6.07) is 1.55. The number of pyridine rings is 1. The summed E-state index contributed by atoms with van der Waals surface area (Å²) in [7, 11) is 1.27. The van der Waals surface area contributed by atoms with E-state index in [1.54, 1.807) is 6.07 Å². The lowest BCUT2D eigenvalue weighted by molar-refractivity contribution is -0.0877. The van der Waals surface area contributed by atoms with E-state index in [1.165, 1.54) is 13.3 Å². The van der Waals surface area contributed by atoms with E-state index in [4.69, 9.17) is 0 Å². The number of carbonyl (C=O) groups is 1. The van der Waals surface area contributed by atoms with Crippen molar-refractivity contribution in [2.75, 3.05) is 7.11 Å². The number of alkyl halides is 2. The Labute approximate surface area is 105 Å². The number of hydrogen-bond acceptors (Lipinski definition) is 3. The largest absolute Gasteiger partial charge is 0.465 e. The highest BCUT2D eigenvalue weighted by atomic mass is 79.9. The van der Waals surface area contributed by atoms with Gasteiger partial charge in [0.25, 0.3) is 0 Å². The van der Waals surface area contributed by atoms with Crippen molar-refractivity contribution >= 4 is 21.9 Å². The van der Waals surface area contributed by atoms with Gasteiger partial charge in [-0.1, -0.05) is 0 Å². The van der Waals surface area contributed by atoms with Gasteiger partial charge in [-0.25, -0.2) is 13.6 Å². The second kappa shape index (κ2) is 4.33. The second-order valence-electron chi connectivity index (χ2n) is 4.04. The molecule has 1 aliphatic rings. The Morgan fingerprint density at radius 2 is 2.24 bits per heavy atom. The Balaban J connectivity index is 2.19. The van der Waals surface area contributed by atoms with E-state index in [1.807, 2.05) is 0 Å². The Bertz CT molecular complexity index is 457. The van der Waals surface area contributed by atoms with Crippen molar-refractivity contribution in [3.05, 3.63) is 28.0 Å². The Hall–Kier alpha value is -1.04. The number of rotatable bonds is 2. The molecule has 0 unspecified atom stereocenters. The molecule has 0 radical (unpaired) electrons. The fraction of sp³-hybridized carbons (Fsp3) is 0.455. The lowest BCUT2D eigenvalue weighted by atomic mass is 9.79. The molecule has 2 rings (SSSR count). The van der Waals surface area contributed by atoms with E-state index in [0.717, 1.165) is 0 Å². The lowest BCUT2D eigenvalue weighted by Crippen LogP contribution is -2.34. The number of halogens is 3. The van der Waals surface area contributed by atoms with Crippen LogP contribution in [0.3, 0.4) is 0 Å². The van der Waals surface area contributed by atoms with E-state index >= 15 is 0 Å². The van der Waals surface area contributed by atoms with E-state index in [-0.39, 0.29) is 18.8 Å². The van der Waals surface area contributed by atoms with Crippen LogP contribution in [0.15, 0.2) is 16.7 Å². The van der Waals surface area contributed by atoms with Gasteiger partial charge < -0.3 is 4.74 Å². The predicted octanol–water partition coefficient (Wildman–Crippen LogP) is 3.14. The van der Waals surface area contributed by atoms with Crippen molar-refractivity contribution < 1.29 is 18.3 Å². The minimum atomic E-state index is -2.58. The van der Waals surface area contributed by atoms with Gasteiger partial charge in [-0.15, -0.1) is 0 Å². The van der Waals surface area contributed by atoms with E-state index in [2.05, 4.69) is 25.7 Å². The smallest absolute Gasteiger partial charge is 0.339 e. The highest BCUT2D eigenvalue weighted by molar-refractivity contribution is 9.10. The van der Waals surface area contributed by atoms with Crippen LogP contribution < -0.4 is 0 Å². The molecule has 1 saturated carbocycles. The van der Waals surface area contributed by atoms with Crippen LogP contribution in [0.1, 0.15) is 34.8 Å². The molecule has 6 heteroatoms. The first kappa shape index (κ1) is 12.4. The van der Waals surface area contributed by atoms with Crippen LogP contribution in [0.25, 0.3) is 0 Å². The molecule has 3 nitrogen and oxygen atoms in total. The molecule has 0 N–H and O–H groups in total. The molecule has 1 aliphatic carbocycles. The molecule has 1 fully saturated rings. The minimum absolute atomic E-state index is 0.184. The molecule has 0 spiro atoms. The molecule has 0 bridgehead atoms. The van der Waals surface area contributed by atoms with Gasteiger partial charge in [-0.3, -0.25) is 4.98 Å². The van der Waals surface area contributed by atoms with Gasteiger partial charge in [0.15, 0.2) is 0 Å². The summed E-state index contributed by atoms with van der Waals surface area (Å²) in [5, 5.41) is 0. The maximum Gasteiger partial charge on any atom is 0.339 e. The van der Waals surface area contributed by atoms with Crippen molar-refractivity contribution in [2.45, 2.75) is 24.7 Å². The number of methoxy groups -OCH3 is 1. The monoisotopic (exact) mass is 305 g/mol. The van der Waals surface area contributed by atoms with Crippen molar-refractivity contribution in [3.63, 3.8) is 0 Å². The third-order valence-electron chi connectivity index (χ3n) is 2.77. The summed E-state index contributed by atoms with van der Waals surface area (Å²) >= 11 is 3.24. The molecular weight excluding hydrogens is 296 g/mol. The van der Waals surface area contributed by atoms with Gasteiger partial charge in [0.05, 0.1) is 18.4 Å². The van der Waals surface area contributed by atoms with Gasteiger partial charge in [0, 0.05) is 29.4 Å². The van der Waals surface area contributed by atoms with Crippen molar-refractivity contribution in [1.29, 1.82) is 0 Å². The summed E-state index contributed by atoms with van der Waals surface area (Å²) in [6.45, 7) is 0. The molecule has 1 aromatic rings. The van der Waals surface area contributed by atoms with Gasteiger partial charge in [0.1, 0.15) is 0 Å². The van der Waals surface area contributed by atoms with Crippen LogP contribution in [-0.4, -0.2) is 24.0 Å². The molecule has 1 aromatic heterocycles. The summed E-state index contributed by atoms with van der Waals surface area (Å²) in [5.74, 6) is -3.32. The number of esters is 1. The molecular formula is C11H10BrF2NO2. The van der Waals surface area contributed by atoms with Gasteiger partial charge in [-0.05, 0) is 22.0 Å². The molecule has 0 aromatic carbocycles. The molecule has 0 aliphatic heterocycles. The van der Waals surface area contributed by atoms with Crippen LogP contribution >= 0.6 is 15.9 Å². The Morgan fingerprint density at radius 3 is 2.71 bits per heavy atom. The highest BCUT2D eigenvalue weighted by Crippen LogP contribution is 2.49. The molecule has 92 valence electrons. The van der Waals surface area contributed by atoms with Gasteiger partial charge in [-0.2, -0.15) is 0 Å². The Kier molecular flexibility index (Phi) is 3.16. The maximum atomic E-state index is 12.8. The van der Waals surface area contributed by atoms with Crippen molar-refractivity contribution in [1.82, 2.24) is 4.98 Å². The Morgan fingerprint density at radius 1 is 1.59 bits per heavy atom. The zero-order valence-electron chi connectivity index (χ0n) is 9.04. The average Bonchev–Trinajstić information content (AvgIpc) is 2.24. The fourth-order valence-corrected chi connectivity index (χ4v) is 2.51. The third-order valence-corrected chi connectivity index (χ3v) is 3.40. The summed E-state index contributed by atoms with van der Waals surface area (Å²) < 4.78 is 30.6. The van der Waals surface area contributed by atoms with Gasteiger partial charge >= 0.3 is 5.97 Å². The normalized spacial score (nSPS) is 18.6. The SMILES string of the molecule is COC(=O)c1cnc(C2CC(F)(F)C2)c(Br)c1. The highest BCUT2D eigenvalue weighted by Gasteiger charge is 2.47. The fourth-order valence-electron chi connectivity index (χ4n) is 1.83. The molecule has 1 heterocycles. The van der Waals surface area contributed by atoms with E-state index in [9.17, 15) is 13.6 Å². The van der Waals surface area contributed by atoms with Crippen LogP contribution in [0, 0.1) is 0 Å². The zero-order chi connectivity index (χ0) is 12.6. The molecule has 17 heavy (non-hydrogen) atoms. The average molecular weight is 306 g/mol. The van der Waals surface area contributed by atoms with Crippen LogP contribution in [0.2, 0.25) is 0 Å².